The Morgan fingerprint density at radius 3 is 2.67 bits per heavy atom. The molecule has 1 aliphatic carbocycles. The van der Waals surface area contributed by atoms with E-state index in [4.69, 9.17) is 5.73 Å². The average molecular weight is 185 g/mol. The minimum atomic E-state index is 0.560. The summed E-state index contributed by atoms with van der Waals surface area (Å²) in [7, 11) is 0. The molecule has 0 amide bonds. The lowest BCUT2D eigenvalue weighted by Crippen LogP contribution is -2.08. The Morgan fingerprint density at radius 2 is 2.25 bits per heavy atom. The van der Waals surface area contributed by atoms with Gasteiger partial charge in [-0.2, -0.15) is 11.8 Å². The molecule has 2 N–H and O–H groups in total. The zero-order valence-corrected chi connectivity index (χ0v) is 8.86. The molecule has 0 aromatic rings. The maximum Gasteiger partial charge on any atom is -0.00359 e. The molecule has 12 heavy (non-hydrogen) atoms. The van der Waals surface area contributed by atoms with Gasteiger partial charge in [0, 0.05) is 0 Å². The third-order valence-electron chi connectivity index (χ3n) is 3.87. The largest absolute Gasteiger partial charge is 0.330 e. The van der Waals surface area contributed by atoms with Crippen LogP contribution in [0.4, 0.5) is 0 Å². The molecule has 2 rings (SSSR count). The molecule has 0 bridgehead atoms. The summed E-state index contributed by atoms with van der Waals surface area (Å²) in [5.41, 5.74) is 6.32. The van der Waals surface area contributed by atoms with Crippen LogP contribution in [0.2, 0.25) is 0 Å². The zero-order valence-electron chi connectivity index (χ0n) is 8.05. The van der Waals surface area contributed by atoms with Gasteiger partial charge in [0.15, 0.2) is 0 Å². The Bertz CT molecular complexity index is 173. The van der Waals surface area contributed by atoms with Crippen LogP contribution in [0.1, 0.15) is 20.3 Å². The van der Waals surface area contributed by atoms with Crippen molar-refractivity contribution >= 4 is 11.8 Å². The summed E-state index contributed by atoms with van der Waals surface area (Å²) < 4.78 is 0. The first-order chi connectivity index (χ1) is 5.68. The molecule has 1 aliphatic heterocycles. The van der Waals surface area contributed by atoms with Crippen molar-refractivity contribution in [1.29, 1.82) is 0 Å². The Morgan fingerprint density at radius 1 is 1.50 bits per heavy atom. The van der Waals surface area contributed by atoms with Gasteiger partial charge in [-0.15, -0.1) is 0 Å². The van der Waals surface area contributed by atoms with Crippen molar-refractivity contribution in [3.05, 3.63) is 0 Å². The molecule has 70 valence electrons. The van der Waals surface area contributed by atoms with Gasteiger partial charge < -0.3 is 5.73 Å². The van der Waals surface area contributed by atoms with Crippen molar-refractivity contribution < 1.29 is 0 Å². The monoisotopic (exact) mass is 185 g/mol. The number of rotatable bonds is 2. The summed E-state index contributed by atoms with van der Waals surface area (Å²) in [6, 6.07) is 0. The van der Waals surface area contributed by atoms with Crippen LogP contribution in [-0.4, -0.2) is 18.1 Å². The van der Waals surface area contributed by atoms with Crippen LogP contribution in [-0.2, 0) is 0 Å². The quantitative estimate of drug-likeness (QED) is 0.712. The van der Waals surface area contributed by atoms with Crippen LogP contribution in [0, 0.1) is 23.2 Å². The van der Waals surface area contributed by atoms with Crippen molar-refractivity contribution in [1.82, 2.24) is 0 Å². The van der Waals surface area contributed by atoms with E-state index in [2.05, 4.69) is 25.6 Å². The predicted molar refractivity (Wildman–Crippen MR) is 55.2 cm³/mol. The van der Waals surface area contributed by atoms with E-state index >= 15 is 0 Å². The third kappa shape index (κ3) is 1.20. The summed E-state index contributed by atoms with van der Waals surface area (Å²) in [6.07, 6.45) is 1.44. The predicted octanol–water partition coefficient (Wildman–Crippen LogP) is 1.97. The molecular weight excluding hydrogens is 166 g/mol. The lowest BCUT2D eigenvalue weighted by Gasteiger charge is -2.08. The summed E-state index contributed by atoms with van der Waals surface area (Å²) >= 11 is 2.12. The molecule has 1 saturated carbocycles. The van der Waals surface area contributed by atoms with Gasteiger partial charge >= 0.3 is 0 Å². The molecule has 1 heterocycles. The van der Waals surface area contributed by atoms with E-state index < -0.39 is 0 Å². The third-order valence-corrected chi connectivity index (χ3v) is 5.05. The normalized spacial score (nSPS) is 44.8. The summed E-state index contributed by atoms with van der Waals surface area (Å²) in [5, 5.41) is 0. The van der Waals surface area contributed by atoms with Gasteiger partial charge in [0.2, 0.25) is 0 Å². The minimum Gasteiger partial charge on any atom is -0.330 e. The average Bonchev–Trinajstić information content (AvgIpc) is 2.50. The second kappa shape index (κ2) is 2.91. The Balaban J connectivity index is 1.97. The van der Waals surface area contributed by atoms with E-state index in [9.17, 15) is 0 Å². The first kappa shape index (κ1) is 8.89. The van der Waals surface area contributed by atoms with Gasteiger partial charge in [-0.3, -0.25) is 0 Å². The number of hydrogen-bond acceptors (Lipinski definition) is 2. The van der Waals surface area contributed by atoms with Gasteiger partial charge in [-0.1, -0.05) is 13.8 Å². The van der Waals surface area contributed by atoms with E-state index in [1.165, 1.54) is 17.9 Å². The van der Waals surface area contributed by atoms with Gasteiger partial charge in [0.25, 0.3) is 0 Å². The van der Waals surface area contributed by atoms with Crippen LogP contribution in [0.15, 0.2) is 0 Å². The summed E-state index contributed by atoms with van der Waals surface area (Å²) in [6.45, 7) is 5.68. The van der Waals surface area contributed by atoms with Gasteiger partial charge in [0.1, 0.15) is 0 Å². The number of thioether (sulfide) groups is 1. The van der Waals surface area contributed by atoms with Crippen molar-refractivity contribution in [2.75, 3.05) is 18.1 Å². The van der Waals surface area contributed by atoms with Crippen molar-refractivity contribution in [3.8, 4) is 0 Å². The lowest BCUT2D eigenvalue weighted by atomic mass is 9.97. The molecule has 0 spiro atoms. The van der Waals surface area contributed by atoms with E-state index in [1.54, 1.807) is 0 Å². The fourth-order valence-electron chi connectivity index (χ4n) is 3.01. The van der Waals surface area contributed by atoms with E-state index in [0.717, 1.165) is 24.3 Å². The van der Waals surface area contributed by atoms with Gasteiger partial charge in [0.05, 0.1) is 0 Å². The minimum absolute atomic E-state index is 0.560. The molecule has 0 aromatic carbocycles. The van der Waals surface area contributed by atoms with E-state index in [0.29, 0.717) is 5.41 Å². The first-order valence-corrected chi connectivity index (χ1v) is 6.11. The molecule has 3 unspecified atom stereocenters. The topological polar surface area (TPSA) is 26.0 Å². The molecule has 1 nitrogen and oxygen atoms in total. The highest BCUT2D eigenvalue weighted by Crippen LogP contribution is 2.63. The van der Waals surface area contributed by atoms with E-state index in [-0.39, 0.29) is 0 Å². The highest BCUT2D eigenvalue weighted by Gasteiger charge is 2.59. The fraction of sp³-hybridized carbons (Fsp3) is 1.00. The number of hydrogen-bond donors (Lipinski definition) is 1. The van der Waals surface area contributed by atoms with Crippen LogP contribution >= 0.6 is 11.8 Å². The SMILES string of the molecule is CC1(C)C(CN)C1C1CCSC1. The highest BCUT2D eigenvalue weighted by molar-refractivity contribution is 7.99. The Hall–Kier alpha value is 0.310. The lowest BCUT2D eigenvalue weighted by molar-refractivity contribution is 0.430. The molecule has 0 aromatic heterocycles. The summed E-state index contributed by atoms with van der Waals surface area (Å²) in [5.74, 6) is 5.52. The Labute approximate surface area is 79.5 Å². The number of nitrogens with two attached hydrogens (primary N) is 1. The zero-order chi connectivity index (χ0) is 8.77. The Kier molecular flexibility index (Phi) is 2.16. The fourth-order valence-corrected chi connectivity index (χ4v) is 4.32. The highest BCUT2D eigenvalue weighted by atomic mass is 32.2. The molecule has 2 heteroatoms. The smallest absolute Gasteiger partial charge is 0.00359 e. The van der Waals surface area contributed by atoms with Crippen LogP contribution < -0.4 is 5.73 Å². The van der Waals surface area contributed by atoms with Crippen molar-refractivity contribution in [2.45, 2.75) is 20.3 Å². The van der Waals surface area contributed by atoms with Gasteiger partial charge in [-0.05, 0) is 47.6 Å². The van der Waals surface area contributed by atoms with Crippen molar-refractivity contribution in [2.24, 2.45) is 28.9 Å². The molecule has 2 fully saturated rings. The van der Waals surface area contributed by atoms with Crippen LogP contribution in [0.5, 0.6) is 0 Å². The first-order valence-electron chi connectivity index (χ1n) is 4.95. The van der Waals surface area contributed by atoms with Crippen LogP contribution in [0.25, 0.3) is 0 Å². The molecule has 2 aliphatic rings. The van der Waals surface area contributed by atoms with Crippen molar-refractivity contribution in [3.63, 3.8) is 0 Å². The maximum absolute atomic E-state index is 5.76. The van der Waals surface area contributed by atoms with Crippen LogP contribution in [0.3, 0.4) is 0 Å². The molecule has 3 atom stereocenters. The van der Waals surface area contributed by atoms with E-state index in [1.807, 2.05) is 0 Å². The standard InChI is InChI=1S/C10H19NS/c1-10(2)8(5-11)9(10)7-3-4-12-6-7/h7-9H,3-6,11H2,1-2H3. The van der Waals surface area contributed by atoms with Gasteiger partial charge in [-0.25, -0.2) is 0 Å². The second-order valence-corrected chi connectivity index (χ2v) is 5.96. The molecular formula is C10H19NS. The maximum atomic E-state index is 5.76. The second-order valence-electron chi connectivity index (χ2n) is 4.81. The molecule has 0 radical (unpaired) electrons. The molecule has 1 saturated heterocycles. The summed E-state index contributed by atoms with van der Waals surface area (Å²) in [4.78, 5) is 0.